The van der Waals surface area contributed by atoms with E-state index in [4.69, 9.17) is 0 Å². The zero-order valence-electron chi connectivity index (χ0n) is 12.4. The average Bonchev–Trinajstić information content (AvgIpc) is 2.45. The lowest BCUT2D eigenvalue weighted by Crippen LogP contribution is -2.34. The zero-order chi connectivity index (χ0) is 15.6. The third-order valence-electron chi connectivity index (χ3n) is 3.31. The maximum atomic E-state index is 12.4. The van der Waals surface area contributed by atoms with Crippen LogP contribution in [-0.4, -0.2) is 45.0 Å². The van der Waals surface area contributed by atoms with Gasteiger partial charge in [0, 0.05) is 26.0 Å². The maximum absolute atomic E-state index is 12.4. The van der Waals surface area contributed by atoms with Crippen molar-refractivity contribution in [1.29, 1.82) is 0 Å². The van der Waals surface area contributed by atoms with Crippen molar-refractivity contribution in [3.8, 4) is 0 Å². The lowest BCUT2D eigenvalue weighted by atomic mass is 10.2. The van der Waals surface area contributed by atoms with Crippen molar-refractivity contribution in [3.63, 3.8) is 0 Å². The summed E-state index contributed by atoms with van der Waals surface area (Å²) in [5.74, 6) is -0.385. The molecule has 0 spiro atoms. The van der Waals surface area contributed by atoms with Crippen LogP contribution in [0.1, 0.15) is 29.3 Å². The van der Waals surface area contributed by atoms with Crippen molar-refractivity contribution < 1.29 is 9.90 Å². The number of pyridine rings is 1. The molecule has 21 heavy (non-hydrogen) atoms. The molecular weight excluding hydrogens is 270 g/mol. The third-order valence-corrected chi connectivity index (χ3v) is 3.31. The van der Waals surface area contributed by atoms with Crippen LogP contribution in [0.5, 0.6) is 0 Å². The lowest BCUT2D eigenvalue weighted by molar-refractivity contribution is 0.0766. The van der Waals surface area contributed by atoms with E-state index < -0.39 is 6.10 Å². The molecule has 1 unspecified atom stereocenters. The number of aromatic nitrogens is 2. The second-order valence-corrected chi connectivity index (χ2v) is 5.28. The van der Waals surface area contributed by atoms with Crippen LogP contribution in [0.4, 0.5) is 0 Å². The highest BCUT2D eigenvalue weighted by Gasteiger charge is 2.17. The van der Waals surface area contributed by atoms with Gasteiger partial charge in [0.05, 0.1) is 6.10 Å². The molecular formula is C15H19N3O3. The van der Waals surface area contributed by atoms with Crippen LogP contribution >= 0.6 is 0 Å². The van der Waals surface area contributed by atoms with E-state index in [-0.39, 0.29) is 17.0 Å². The van der Waals surface area contributed by atoms with Crippen LogP contribution in [0, 0.1) is 6.92 Å². The van der Waals surface area contributed by atoms with Crippen molar-refractivity contribution >= 4 is 11.6 Å². The van der Waals surface area contributed by atoms with E-state index in [2.05, 4.69) is 4.98 Å². The number of hydrogen-bond acceptors (Lipinski definition) is 4. The summed E-state index contributed by atoms with van der Waals surface area (Å²) in [4.78, 5) is 30.3. The first-order chi connectivity index (χ1) is 9.90. The first-order valence-corrected chi connectivity index (χ1v) is 6.81. The number of aliphatic hydroxyl groups is 1. The standard InChI is InChI=1S/C15H19N3O3/c1-10-4-5-13-16-8-12(15(21)18(13)9-10)14(20)17(3)7-6-11(2)19/h4-5,8-9,11,19H,6-7H2,1-3H3. The monoisotopic (exact) mass is 289 g/mol. The fourth-order valence-electron chi connectivity index (χ4n) is 2.02. The molecule has 6 heteroatoms. The number of nitrogens with zero attached hydrogens (tertiary/aromatic N) is 3. The normalized spacial score (nSPS) is 12.4. The molecule has 0 aliphatic heterocycles. The van der Waals surface area contributed by atoms with Gasteiger partial charge in [0.1, 0.15) is 11.2 Å². The predicted octanol–water partition coefficient (Wildman–Crippen LogP) is 0.846. The Hall–Kier alpha value is -2.21. The molecule has 1 amide bonds. The maximum Gasteiger partial charge on any atom is 0.270 e. The minimum atomic E-state index is -0.487. The summed E-state index contributed by atoms with van der Waals surface area (Å²) in [6.07, 6.45) is 2.95. The molecule has 2 aromatic rings. The van der Waals surface area contributed by atoms with Gasteiger partial charge in [0.25, 0.3) is 11.5 Å². The molecule has 2 heterocycles. The Kier molecular flexibility index (Phi) is 4.37. The summed E-state index contributed by atoms with van der Waals surface area (Å²) in [5, 5.41) is 9.26. The molecule has 1 N–H and O–H groups in total. The number of hydrogen-bond donors (Lipinski definition) is 1. The fourth-order valence-corrected chi connectivity index (χ4v) is 2.02. The number of rotatable bonds is 4. The van der Waals surface area contributed by atoms with Gasteiger partial charge in [-0.05, 0) is 31.9 Å². The minimum Gasteiger partial charge on any atom is -0.393 e. The van der Waals surface area contributed by atoms with E-state index >= 15 is 0 Å². The van der Waals surface area contributed by atoms with E-state index in [1.165, 1.54) is 15.5 Å². The lowest BCUT2D eigenvalue weighted by Gasteiger charge is -2.17. The molecule has 2 aromatic heterocycles. The van der Waals surface area contributed by atoms with Gasteiger partial charge in [0.2, 0.25) is 0 Å². The Morgan fingerprint density at radius 3 is 2.86 bits per heavy atom. The van der Waals surface area contributed by atoms with Gasteiger partial charge in [-0.15, -0.1) is 0 Å². The predicted molar refractivity (Wildman–Crippen MR) is 79.5 cm³/mol. The second kappa shape index (κ2) is 6.05. The van der Waals surface area contributed by atoms with E-state index in [1.54, 1.807) is 26.2 Å². The Morgan fingerprint density at radius 1 is 1.48 bits per heavy atom. The van der Waals surface area contributed by atoms with Gasteiger partial charge in [-0.3, -0.25) is 14.0 Å². The number of amides is 1. The van der Waals surface area contributed by atoms with Gasteiger partial charge >= 0.3 is 0 Å². The van der Waals surface area contributed by atoms with E-state index in [9.17, 15) is 14.7 Å². The average molecular weight is 289 g/mol. The number of carbonyl (C=O) groups excluding carboxylic acids is 1. The van der Waals surface area contributed by atoms with Crippen molar-refractivity contribution in [2.75, 3.05) is 13.6 Å². The highest BCUT2D eigenvalue weighted by atomic mass is 16.3. The number of aryl methyl sites for hydroxylation is 1. The Morgan fingerprint density at radius 2 is 2.19 bits per heavy atom. The molecule has 0 aromatic carbocycles. The summed E-state index contributed by atoms with van der Waals surface area (Å²) in [6, 6.07) is 3.60. The molecule has 0 aliphatic rings. The molecule has 0 bridgehead atoms. The van der Waals surface area contributed by atoms with E-state index in [1.807, 2.05) is 13.0 Å². The molecule has 0 fully saturated rings. The number of aliphatic hydroxyl groups excluding tert-OH is 1. The van der Waals surface area contributed by atoms with Gasteiger partial charge in [-0.2, -0.15) is 0 Å². The first-order valence-electron chi connectivity index (χ1n) is 6.81. The zero-order valence-corrected chi connectivity index (χ0v) is 12.4. The number of carbonyl (C=O) groups is 1. The van der Waals surface area contributed by atoms with Gasteiger partial charge < -0.3 is 10.0 Å². The molecule has 0 saturated carbocycles. The van der Waals surface area contributed by atoms with E-state index in [0.29, 0.717) is 18.6 Å². The van der Waals surface area contributed by atoms with Crippen molar-refractivity contribution in [3.05, 3.63) is 46.0 Å². The van der Waals surface area contributed by atoms with Gasteiger partial charge in [-0.25, -0.2) is 4.98 Å². The SMILES string of the molecule is Cc1ccc2ncc(C(=O)N(C)CCC(C)O)c(=O)n2c1. The summed E-state index contributed by atoms with van der Waals surface area (Å²) in [5.41, 5.74) is 1.08. The summed E-state index contributed by atoms with van der Waals surface area (Å²) in [7, 11) is 1.61. The van der Waals surface area contributed by atoms with Crippen molar-refractivity contribution in [2.45, 2.75) is 26.4 Å². The first kappa shape index (κ1) is 15.2. The Balaban J connectivity index is 2.36. The quantitative estimate of drug-likeness (QED) is 0.905. The van der Waals surface area contributed by atoms with Crippen LogP contribution in [-0.2, 0) is 0 Å². The van der Waals surface area contributed by atoms with Crippen LogP contribution < -0.4 is 5.56 Å². The molecule has 6 nitrogen and oxygen atoms in total. The second-order valence-electron chi connectivity index (χ2n) is 5.28. The van der Waals surface area contributed by atoms with Gasteiger partial charge in [0.15, 0.2) is 0 Å². The fraction of sp³-hybridized carbons (Fsp3) is 0.400. The summed E-state index contributed by atoms with van der Waals surface area (Å²) < 4.78 is 1.38. The number of fused-ring (bicyclic) bond motifs is 1. The molecule has 112 valence electrons. The summed E-state index contributed by atoms with van der Waals surface area (Å²) >= 11 is 0. The smallest absolute Gasteiger partial charge is 0.270 e. The Labute approximate surface area is 122 Å². The molecule has 2 rings (SSSR count). The van der Waals surface area contributed by atoms with Gasteiger partial charge in [-0.1, -0.05) is 6.07 Å². The molecule has 1 atom stereocenters. The molecule has 0 saturated heterocycles. The highest BCUT2D eigenvalue weighted by Crippen LogP contribution is 2.04. The van der Waals surface area contributed by atoms with Crippen LogP contribution in [0.25, 0.3) is 5.65 Å². The minimum absolute atomic E-state index is 0.0335. The summed E-state index contributed by atoms with van der Waals surface area (Å²) in [6.45, 7) is 3.91. The van der Waals surface area contributed by atoms with Crippen LogP contribution in [0.15, 0.2) is 29.3 Å². The third kappa shape index (κ3) is 3.28. The van der Waals surface area contributed by atoms with Crippen LogP contribution in [0.2, 0.25) is 0 Å². The molecule has 0 aliphatic carbocycles. The van der Waals surface area contributed by atoms with Crippen LogP contribution in [0.3, 0.4) is 0 Å². The topological polar surface area (TPSA) is 74.9 Å². The Bertz CT molecular complexity index is 722. The van der Waals surface area contributed by atoms with Crippen molar-refractivity contribution in [1.82, 2.24) is 14.3 Å². The van der Waals surface area contributed by atoms with E-state index in [0.717, 1.165) is 5.56 Å². The van der Waals surface area contributed by atoms with Crippen molar-refractivity contribution in [2.24, 2.45) is 0 Å². The highest BCUT2D eigenvalue weighted by molar-refractivity contribution is 5.93. The molecule has 0 radical (unpaired) electrons. The largest absolute Gasteiger partial charge is 0.393 e.